The van der Waals surface area contributed by atoms with Crippen molar-refractivity contribution in [3.8, 4) is 0 Å². The van der Waals surface area contributed by atoms with Gasteiger partial charge in [0.15, 0.2) is 5.78 Å². The molecule has 0 aliphatic heterocycles. The van der Waals surface area contributed by atoms with Gasteiger partial charge in [0.1, 0.15) is 0 Å². The summed E-state index contributed by atoms with van der Waals surface area (Å²) in [5.74, 6) is -0.167. The first-order valence-corrected chi connectivity index (χ1v) is 7.67. The fraction of sp³-hybridized carbons (Fsp3) is 0.462. The van der Waals surface area contributed by atoms with Gasteiger partial charge in [-0.05, 0) is 38.3 Å². The van der Waals surface area contributed by atoms with Crippen molar-refractivity contribution in [1.82, 2.24) is 4.72 Å². The van der Waals surface area contributed by atoms with E-state index in [0.29, 0.717) is 24.9 Å². The number of Topliss-reactive ketones (excluding diaryl/α,β-unsaturated/α-hetero) is 1. The summed E-state index contributed by atoms with van der Waals surface area (Å²) in [7, 11) is -3.57. The second-order valence-electron chi connectivity index (χ2n) is 4.27. The summed E-state index contributed by atoms with van der Waals surface area (Å²) in [4.78, 5) is 11.3. The lowest BCUT2D eigenvalue weighted by atomic mass is 10.2. The fourth-order valence-electron chi connectivity index (χ4n) is 1.59. The molecule has 0 unspecified atom stereocenters. The van der Waals surface area contributed by atoms with Crippen LogP contribution in [0.25, 0.3) is 0 Å². The molecule has 0 saturated carbocycles. The smallest absolute Gasteiger partial charge is 0.240 e. The van der Waals surface area contributed by atoms with Gasteiger partial charge in [0.25, 0.3) is 0 Å². The molecule has 0 fully saturated rings. The van der Waals surface area contributed by atoms with Crippen LogP contribution in [-0.4, -0.2) is 32.5 Å². The van der Waals surface area contributed by atoms with E-state index in [-0.39, 0.29) is 17.3 Å². The molecule has 106 valence electrons. The molecular weight excluding hydrogens is 266 g/mol. The molecule has 0 radical (unpaired) electrons. The minimum atomic E-state index is -3.57. The zero-order valence-electron chi connectivity index (χ0n) is 10.9. The number of rotatable bonds is 8. The van der Waals surface area contributed by atoms with Gasteiger partial charge in [-0.3, -0.25) is 4.79 Å². The van der Waals surface area contributed by atoms with Crippen LogP contribution in [0.3, 0.4) is 0 Å². The van der Waals surface area contributed by atoms with Crippen LogP contribution in [0.4, 0.5) is 0 Å². The van der Waals surface area contributed by atoms with Crippen molar-refractivity contribution in [2.75, 3.05) is 13.2 Å². The van der Waals surface area contributed by atoms with Crippen molar-refractivity contribution in [2.45, 2.75) is 31.1 Å². The maximum Gasteiger partial charge on any atom is 0.240 e. The van der Waals surface area contributed by atoms with Gasteiger partial charge in [0.2, 0.25) is 10.0 Å². The lowest BCUT2D eigenvalue weighted by Gasteiger charge is -2.07. The van der Waals surface area contributed by atoms with Gasteiger partial charge >= 0.3 is 0 Å². The molecule has 6 heteroatoms. The van der Waals surface area contributed by atoms with Gasteiger partial charge in [-0.15, -0.1) is 0 Å². The number of nitrogens with one attached hydrogen (secondary N) is 1. The number of ketones is 1. The van der Waals surface area contributed by atoms with Crippen molar-refractivity contribution in [2.24, 2.45) is 0 Å². The zero-order valence-corrected chi connectivity index (χ0v) is 11.7. The Labute approximate surface area is 113 Å². The Balaban J connectivity index is 2.66. The van der Waals surface area contributed by atoms with Crippen LogP contribution in [0.5, 0.6) is 0 Å². The van der Waals surface area contributed by atoms with E-state index in [1.165, 1.54) is 19.1 Å². The molecule has 0 aromatic heterocycles. The summed E-state index contributed by atoms with van der Waals surface area (Å²) in [5, 5.41) is 8.62. The highest BCUT2D eigenvalue weighted by molar-refractivity contribution is 7.89. The van der Waals surface area contributed by atoms with Crippen LogP contribution in [0.1, 0.15) is 36.5 Å². The first-order valence-electron chi connectivity index (χ1n) is 6.19. The monoisotopic (exact) mass is 285 g/mol. The topological polar surface area (TPSA) is 83.5 Å². The van der Waals surface area contributed by atoms with Crippen molar-refractivity contribution >= 4 is 15.8 Å². The maximum atomic E-state index is 12.0. The third-order valence-electron chi connectivity index (χ3n) is 2.68. The quantitative estimate of drug-likeness (QED) is 0.557. The predicted octanol–water partition coefficient (Wildman–Crippen LogP) is 1.33. The molecule has 1 rings (SSSR count). The van der Waals surface area contributed by atoms with Crippen LogP contribution in [0.2, 0.25) is 0 Å². The molecule has 0 amide bonds. The lowest BCUT2D eigenvalue weighted by Crippen LogP contribution is -2.25. The van der Waals surface area contributed by atoms with Crippen molar-refractivity contribution in [3.63, 3.8) is 0 Å². The van der Waals surface area contributed by atoms with E-state index in [0.717, 1.165) is 6.42 Å². The summed E-state index contributed by atoms with van der Waals surface area (Å²) < 4.78 is 26.4. The first kappa shape index (κ1) is 15.8. The molecule has 1 aromatic rings. The summed E-state index contributed by atoms with van der Waals surface area (Å²) in [6.45, 7) is 1.84. The molecule has 5 nitrogen and oxygen atoms in total. The normalized spacial score (nSPS) is 11.5. The molecule has 0 aliphatic carbocycles. The van der Waals surface area contributed by atoms with Gasteiger partial charge in [0.05, 0.1) is 4.90 Å². The second-order valence-corrected chi connectivity index (χ2v) is 6.03. The van der Waals surface area contributed by atoms with E-state index >= 15 is 0 Å². The second kappa shape index (κ2) is 7.37. The molecular formula is C13H19NO4S. The van der Waals surface area contributed by atoms with Crippen molar-refractivity contribution < 1.29 is 18.3 Å². The van der Waals surface area contributed by atoms with E-state index < -0.39 is 10.0 Å². The Kier molecular flexibility index (Phi) is 6.14. The Bertz CT molecular complexity index is 525. The minimum Gasteiger partial charge on any atom is -0.396 e. The molecule has 0 atom stereocenters. The van der Waals surface area contributed by atoms with Crippen LogP contribution in [0.15, 0.2) is 29.2 Å². The van der Waals surface area contributed by atoms with Crippen LogP contribution < -0.4 is 4.72 Å². The highest BCUT2D eigenvalue weighted by Gasteiger charge is 2.14. The molecule has 1 aromatic carbocycles. The number of unbranched alkanes of at least 4 members (excludes halogenated alkanes) is 2. The van der Waals surface area contributed by atoms with E-state index in [2.05, 4.69) is 4.72 Å². The van der Waals surface area contributed by atoms with Crippen molar-refractivity contribution in [3.05, 3.63) is 29.8 Å². The first-order chi connectivity index (χ1) is 8.97. The summed E-state index contributed by atoms with van der Waals surface area (Å²) in [6, 6.07) is 5.97. The Morgan fingerprint density at radius 2 is 2.00 bits per heavy atom. The van der Waals surface area contributed by atoms with E-state index in [1.807, 2.05) is 0 Å². The Hall–Kier alpha value is -1.24. The van der Waals surface area contributed by atoms with Gasteiger partial charge < -0.3 is 5.11 Å². The summed E-state index contributed by atoms with van der Waals surface area (Å²) in [6.07, 6.45) is 2.11. The highest BCUT2D eigenvalue weighted by atomic mass is 32.2. The van der Waals surface area contributed by atoms with E-state index in [1.54, 1.807) is 12.1 Å². The van der Waals surface area contributed by atoms with Crippen LogP contribution in [-0.2, 0) is 10.0 Å². The molecule has 0 heterocycles. The standard InChI is InChI=1S/C13H19NO4S/c1-11(16)12-6-5-7-13(10-12)19(17,18)14-8-3-2-4-9-15/h5-7,10,14-15H,2-4,8-9H2,1H3. The zero-order chi connectivity index (χ0) is 14.3. The van der Waals surface area contributed by atoms with Crippen LogP contribution >= 0.6 is 0 Å². The largest absolute Gasteiger partial charge is 0.396 e. The van der Waals surface area contributed by atoms with Gasteiger partial charge in [-0.1, -0.05) is 12.1 Å². The number of carbonyl (C=O) groups excluding carboxylic acids is 1. The third kappa shape index (κ3) is 5.10. The number of sulfonamides is 1. The Morgan fingerprint density at radius 3 is 2.63 bits per heavy atom. The average Bonchev–Trinajstić information content (AvgIpc) is 2.38. The SMILES string of the molecule is CC(=O)c1cccc(S(=O)(=O)NCCCCCO)c1. The number of hydrogen-bond donors (Lipinski definition) is 2. The van der Waals surface area contributed by atoms with E-state index in [9.17, 15) is 13.2 Å². The van der Waals surface area contributed by atoms with Crippen molar-refractivity contribution in [1.29, 1.82) is 0 Å². The molecule has 0 bridgehead atoms. The highest BCUT2D eigenvalue weighted by Crippen LogP contribution is 2.12. The number of aliphatic hydroxyl groups is 1. The lowest BCUT2D eigenvalue weighted by molar-refractivity contribution is 0.101. The van der Waals surface area contributed by atoms with E-state index in [4.69, 9.17) is 5.11 Å². The predicted molar refractivity (Wildman–Crippen MR) is 72.6 cm³/mol. The number of benzene rings is 1. The number of carbonyl (C=O) groups is 1. The number of aliphatic hydroxyl groups excluding tert-OH is 1. The fourth-order valence-corrected chi connectivity index (χ4v) is 2.71. The summed E-state index contributed by atoms with van der Waals surface area (Å²) >= 11 is 0. The molecule has 2 N–H and O–H groups in total. The summed E-state index contributed by atoms with van der Waals surface area (Å²) in [5.41, 5.74) is 0.378. The van der Waals surface area contributed by atoms with Gasteiger partial charge in [0, 0.05) is 18.7 Å². The molecule has 0 spiro atoms. The average molecular weight is 285 g/mol. The van der Waals surface area contributed by atoms with Crippen LogP contribution in [0, 0.1) is 0 Å². The molecule has 19 heavy (non-hydrogen) atoms. The molecule has 0 aliphatic rings. The Morgan fingerprint density at radius 1 is 1.26 bits per heavy atom. The molecule has 0 saturated heterocycles. The third-order valence-corrected chi connectivity index (χ3v) is 4.14. The van der Waals surface area contributed by atoms with Gasteiger partial charge in [-0.25, -0.2) is 13.1 Å². The number of hydrogen-bond acceptors (Lipinski definition) is 4. The van der Waals surface area contributed by atoms with Gasteiger partial charge in [-0.2, -0.15) is 0 Å². The maximum absolute atomic E-state index is 12.0. The minimum absolute atomic E-state index is 0.0994.